The van der Waals surface area contributed by atoms with Crippen LogP contribution in [0.5, 0.6) is 0 Å². The fraction of sp³-hybridized carbons (Fsp3) is 0.200. The second-order valence-electron chi connectivity index (χ2n) is 4.71. The molecule has 0 unspecified atom stereocenters. The number of hydrogen-bond acceptors (Lipinski definition) is 6. The van der Waals surface area contributed by atoms with Crippen LogP contribution < -0.4 is 0 Å². The van der Waals surface area contributed by atoms with Crippen LogP contribution in [0.15, 0.2) is 34.7 Å². The molecule has 0 N–H and O–H groups in total. The zero-order valence-electron chi connectivity index (χ0n) is 12.0. The van der Waals surface area contributed by atoms with Crippen LogP contribution in [0.3, 0.4) is 0 Å². The Kier molecular flexibility index (Phi) is 4.36. The number of furan rings is 1. The van der Waals surface area contributed by atoms with Gasteiger partial charge in [0, 0.05) is 5.56 Å². The van der Waals surface area contributed by atoms with Crippen LogP contribution in [-0.4, -0.2) is 23.3 Å². The summed E-state index contributed by atoms with van der Waals surface area (Å²) in [7, 11) is 0. The maximum atomic E-state index is 12.1. The Hall–Kier alpha value is -2.96. The summed E-state index contributed by atoms with van der Waals surface area (Å²) in [6.45, 7) is 3.17. The molecule has 2 rings (SSSR count). The van der Waals surface area contributed by atoms with Crippen LogP contribution in [0, 0.1) is 24.0 Å². The molecule has 0 spiro atoms. The molecule has 0 atom stereocenters. The van der Waals surface area contributed by atoms with E-state index in [-0.39, 0.29) is 11.5 Å². The van der Waals surface area contributed by atoms with Crippen molar-refractivity contribution in [3.05, 3.63) is 62.9 Å². The van der Waals surface area contributed by atoms with E-state index < -0.39 is 23.4 Å². The first-order valence-electron chi connectivity index (χ1n) is 6.40. The maximum absolute atomic E-state index is 12.1. The van der Waals surface area contributed by atoms with Crippen molar-refractivity contribution >= 4 is 17.6 Å². The van der Waals surface area contributed by atoms with Crippen molar-refractivity contribution in [3.63, 3.8) is 0 Å². The van der Waals surface area contributed by atoms with Gasteiger partial charge in [0.15, 0.2) is 6.61 Å². The molecule has 1 heterocycles. The lowest BCUT2D eigenvalue weighted by Crippen LogP contribution is -2.15. The molecule has 0 aliphatic rings. The quantitative estimate of drug-likeness (QED) is 0.364. The van der Waals surface area contributed by atoms with Crippen molar-refractivity contribution in [2.45, 2.75) is 13.8 Å². The summed E-state index contributed by atoms with van der Waals surface area (Å²) in [5.74, 6) is -2.16. The van der Waals surface area contributed by atoms with Gasteiger partial charge in [-0.15, -0.1) is 0 Å². The third-order valence-electron chi connectivity index (χ3n) is 3.00. The number of hydrogen-bond donors (Lipinski definition) is 0. The molecule has 2 aromatic rings. The number of esters is 1. The van der Waals surface area contributed by atoms with E-state index in [1.165, 1.54) is 0 Å². The summed E-state index contributed by atoms with van der Waals surface area (Å²) >= 11 is 0. The predicted octanol–water partition coefficient (Wildman–Crippen LogP) is 2.84. The highest BCUT2D eigenvalue weighted by atomic mass is 16.7. The Bertz CT molecular complexity index is 746. The maximum Gasteiger partial charge on any atom is 0.433 e. The number of carbonyl (C=O) groups excluding carboxylic acids is 2. The number of rotatable bonds is 5. The highest BCUT2D eigenvalue weighted by Crippen LogP contribution is 2.17. The average molecular weight is 303 g/mol. The van der Waals surface area contributed by atoms with Gasteiger partial charge in [0.2, 0.25) is 11.5 Å². The first kappa shape index (κ1) is 15.4. The summed E-state index contributed by atoms with van der Waals surface area (Å²) in [6.07, 6.45) is 0. The molecule has 0 saturated carbocycles. The molecule has 0 aliphatic carbocycles. The minimum atomic E-state index is -0.924. The van der Waals surface area contributed by atoms with Crippen molar-refractivity contribution < 1.29 is 23.7 Å². The number of ether oxygens (including phenoxy) is 1. The number of benzene rings is 1. The van der Waals surface area contributed by atoms with Gasteiger partial charge in [0.05, 0.1) is 6.07 Å². The van der Waals surface area contributed by atoms with E-state index in [9.17, 15) is 19.7 Å². The van der Waals surface area contributed by atoms with Gasteiger partial charge in [0.25, 0.3) is 0 Å². The molecule has 0 amide bonds. The lowest BCUT2D eigenvalue weighted by molar-refractivity contribution is -0.402. The molecule has 22 heavy (non-hydrogen) atoms. The number of nitro groups is 1. The summed E-state index contributed by atoms with van der Waals surface area (Å²) in [5.41, 5.74) is 2.17. The molecule has 0 radical (unpaired) electrons. The van der Waals surface area contributed by atoms with E-state index in [1.54, 1.807) is 19.1 Å². The average Bonchev–Trinajstić information content (AvgIpc) is 2.97. The van der Waals surface area contributed by atoms with E-state index in [1.807, 2.05) is 13.0 Å². The second kappa shape index (κ2) is 6.21. The van der Waals surface area contributed by atoms with Crippen molar-refractivity contribution in [1.29, 1.82) is 0 Å². The highest BCUT2D eigenvalue weighted by Gasteiger charge is 2.20. The Morgan fingerprint density at radius 1 is 1.23 bits per heavy atom. The Balaban J connectivity index is 2.02. The fourth-order valence-corrected chi connectivity index (χ4v) is 1.85. The first-order valence-corrected chi connectivity index (χ1v) is 6.40. The Morgan fingerprint density at radius 3 is 2.59 bits per heavy atom. The normalized spacial score (nSPS) is 10.3. The molecule has 1 aromatic carbocycles. The van der Waals surface area contributed by atoms with Crippen LogP contribution in [0.2, 0.25) is 0 Å². The molecule has 0 saturated heterocycles. The molecule has 7 nitrogen and oxygen atoms in total. The molecule has 1 aromatic heterocycles. The van der Waals surface area contributed by atoms with Crippen LogP contribution in [0.25, 0.3) is 0 Å². The van der Waals surface area contributed by atoms with Gasteiger partial charge < -0.3 is 9.15 Å². The lowest BCUT2D eigenvalue weighted by Gasteiger charge is -2.06. The first-order chi connectivity index (χ1) is 10.4. The van der Waals surface area contributed by atoms with E-state index in [0.29, 0.717) is 5.56 Å². The second-order valence-corrected chi connectivity index (χ2v) is 4.71. The third kappa shape index (κ3) is 3.38. The molecule has 0 aliphatic heterocycles. The Morgan fingerprint density at radius 2 is 1.95 bits per heavy atom. The van der Waals surface area contributed by atoms with E-state index in [4.69, 9.17) is 9.15 Å². The smallest absolute Gasteiger partial charge is 0.433 e. The van der Waals surface area contributed by atoms with E-state index in [0.717, 1.165) is 23.3 Å². The fourth-order valence-electron chi connectivity index (χ4n) is 1.85. The molecule has 0 fully saturated rings. The number of Topliss-reactive ketones (excluding diaryl/α,β-unsaturated/α-hetero) is 1. The van der Waals surface area contributed by atoms with Gasteiger partial charge >= 0.3 is 11.9 Å². The van der Waals surface area contributed by atoms with Gasteiger partial charge in [-0.05, 0) is 31.5 Å². The molecular weight excluding hydrogens is 290 g/mol. The largest absolute Gasteiger partial charge is 0.451 e. The summed E-state index contributed by atoms with van der Waals surface area (Å²) in [6, 6.07) is 7.57. The van der Waals surface area contributed by atoms with Crippen molar-refractivity contribution in [1.82, 2.24) is 0 Å². The molecule has 0 bridgehead atoms. The van der Waals surface area contributed by atoms with Crippen LogP contribution in [-0.2, 0) is 4.74 Å². The molecule has 114 valence electrons. The van der Waals surface area contributed by atoms with E-state index >= 15 is 0 Å². The topological polar surface area (TPSA) is 99.7 Å². The zero-order valence-corrected chi connectivity index (χ0v) is 12.0. The minimum absolute atomic E-state index is 0.319. The predicted molar refractivity (Wildman–Crippen MR) is 75.9 cm³/mol. The third-order valence-corrected chi connectivity index (χ3v) is 3.00. The van der Waals surface area contributed by atoms with Gasteiger partial charge in [-0.25, -0.2) is 4.79 Å². The van der Waals surface area contributed by atoms with Gasteiger partial charge in [-0.2, -0.15) is 0 Å². The summed E-state index contributed by atoms with van der Waals surface area (Å²) in [5, 5.41) is 10.5. The SMILES string of the molecule is Cc1ccc(C)c(C(=O)COC(=O)c2ccc([N+](=O)[O-])o2)c1. The van der Waals surface area contributed by atoms with Crippen molar-refractivity contribution in [2.24, 2.45) is 0 Å². The lowest BCUT2D eigenvalue weighted by atomic mass is 10.0. The van der Waals surface area contributed by atoms with Gasteiger partial charge in [-0.1, -0.05) is 17.7 Å². The number of carbonyl (C=O) groups is 2. The standard InChI is InChI=1S/C15H13NO6/c1-9-3-4-10(2)11(7-9)12(17)8-21-15(18)13-5-6-14(22-13)16(19)20/h3-7H,8H2,1-2H3. The minimum Gasteiger partial charge on any atom is -0.451 e. The zero-order chi connectivity index (χ0) is 16.3. The molecular formula is C15H13NO6. The number of nitrogens with zero attached hydrogens (tertiary/aromatic N) is 1. The number of aryl methyl sites for hydroxylation is 2. The Labute approximate surface area is 125 Å². The van der Waals surface area contributed by atoms with Crippen LogP contribution in [0.4, 0.5) is 5.88 Å². The highest BCUT2D eigenvalue weighted by molar-refractivity contribution is 6.00. The summed E-state index contributed by atoms with van der Waals surface area (Å²) in [4.78, 5) is 33.4. The van der Waals surface area contributed by atoms with E-state index in [2.05, 4.69) is 0 Å². The van der Waals surface area contributed by atoms with Crippen LogP contribution >= 0.6 is 0 Å². The molecule has 7 heteroatoms. The van der Waals surface area contributed by atoms with Crippen molar-refractivity contribution in [2.75, 3.05) is 6.61 Å². The monoisotopic (exact) mass is 303 g/mol. The van der Waals surface area contributed by atoms with Crippen molar-refractivity contribution in [3.8, 4) is 0 Å². The van der Waals surface area contributed by atoms with Crippen LogP contribution in [0.1, 0.15) is 32.0 Å². The summed E-state index contributed by atoms with van der Waals surface area (Å²) < 4.78 is 9.53. The van der Waals surface area contributed by atoms with Gasteiger partial charge in [-0.3, -0.25) is 14.9 Å². The van der Waals surface area contributed by atoms with Gasteiger partial charge in [0.1, 0.15) is 4.92 Å². The number of ketones is 1.